The molecule has 0 saturated carbocycles. The third-order valence-electron chi connectivity index (χ3n) is 4.05. The minimum Gasteiger partial charge on any atom is -0.306 e. The second kappa shape index (κ2) is 6.58. The first-order chi connectivity index (χ1) is 10.2. The van der Waals surface area contributed by atoms with Crippen molar-refractivity contribution in [2.75, 3.05) is 19.6 Å². The van der Waals surface area contributed by atoms with Gasteiger partial charge in [0.05, 0.1) is 6.04 Å². The van der Waals surface area contributed by atoms with E-state index in [1.165, 1.54) is 18.4 Å². The summed E-state index contributed by atoms with van der Waals surface area (Å²) in [7, 11) is 0. The molecule has 110 valence electrons. The van der Waals surface area contributed by atoms with Crippen LogP contribution in [0, 0.1) is 0 Å². The molecule has 2 aromatic rings. The zero-order valence-electron chi connectivity index (χ0n) is 11.9. The van der Waals surface area contributed by atoms with Gasteiger partial charge in [0, 0.05) is 23.3 Å². The van der Waals surface area contributed by atoms with Crippen LogP contribution >= 0.6 is 15.9 Å². The van der Waals surface area contributed by atoms with Gasteiger partial charge in [-0.2, -0.15) is 0 Å². The van der Waals surface area contributed by atoms with Crippen LogP contribution in [0.2, 0.25) is 0 Å². The van der Waals surface area contributed by atoms with Gasteiger partial charge in [-0.3, -0.25) is 4.79 Å². The maximum absolute atomic E-state index is 12.3. The lowest BCUT2D eigenvalue weighted by molar-refractivity contribution is 0.295. The van der Waals surface area contributed by atoms with Gasteiger partial charge in [0.15, 0.2) is 0 Å². The van der Waals surface area contributed by atoms with Gasteiger partial charge in [-0.05, 0) is 53.5 Å². The van der Waals surface area contributed by atoms with Crippen molar-refractivity contribution < 1.29 is 0 Å². The SMILES string of the molecule is O=c1ccc(Br)cn1C(CN1CCCC1)c1ccccc1. The number of rotatable bonds is 4. The van der Waals surface area contributed by atoms with Crippen LogP contribution in [0.3, 0.4) is 0 Å². The Bertz CT molecular complexity index is 647. The lowest BCUT2D eigenvalue weighted by Crippen LogP contribution is -2.34. The summed E-state index contributed by atoms with van der Waals surface area (Å²) in [6.07, 6.45) is 4.42. The van der Waals surface area contributed by atoms with Gasteiger partial charge in [-0.1, -0.05) is 30.3 Å². The molecule has 21 heavy (non-hydrogen) atoms. The average Bonchev–Trinajstić information content (AvgIpc) is 3.01. The van der Waals surface area contributed by atoms with E-state index in [-0.39, 0.29) is 11.6 Å². The molecule has 1 aliphatic heterocycles. The van der Waals surface area contributed by atoms with E-state index in [0.29, 0.717) is 0 Å². The summed E-state index contributed by atoms with van der Waals surface area (Å²) in [6.45, 7) is 3.15. The summed E-state index contributed by atoms with van der Waals surface area (Å²) in [4.78, 5) is 14.7. The van der Waals surface area contributed by atoms with Crippen LogP contribution in [-0.2, 0) is 0 Å². The Kier molecular flexibility index (Phi) is 4.56. The Morgan fingerprint density at radius 2 is 1.76 bits per heavy atom. The first-order valence-corrected chi connectivity index (χ1v) is 8.18. The zero-order chi connectivity index (χ0) is 14.7. The van der Waals surface area contributed by atoms with Crippen molar-refractivity contribution in [3.8, 4) is 0 Å². The average molecular weight is 347 g/mol. The third-order valence-corrected chi connectivity index (χ3v) is 4.52. The van der Waals surface area contributed by atoms with Gasteiger partial charge in [0.2, 0.25) is 0 Å². The molecule has 0 aliphatic carbocycles. The van der Waals surface area contributed by atoms with E-state index in [0.717, 1.165) is 24.1 Å². The van der Waals surface area contributed by atoms with Crippen molar-refractivity contribution in [2.24, 2.45) is 0 Å². The number of hydrogen-bond acceptors (Lipinski definition) is 2. The number of aromatic nitrogens is 1. The van der Waals surface area contributed by atoms with Crippen LogP contribution in [0.25, 0.3) is 0 Å². The Morgan fingerprint density at radius 3 is 2.48 bits per heavy atom. The fraction of sp³-hybridized carbons (Fsp3) is 0.353. The van der Waals surface area contributed by atoms with Crippen LogP contribution in [0.5, 0.6) is 0 Å². The summed E-state index contributed by atoms with van der Waals surface area (Å²) in [5.74, 6) is 0. The van der Waals surface area contributed by atoms with Crippen LogP contribution in [-0.4, -0.2) is 29.1 Å². The normalized spacial score (nSPS) is 17.0. The molecule has 1 saturated heterocycles. The van der Waals surface area contributed by atoms with Gasteiger partial charge in [-0.15, -0.1) is 0 Å². The minimum atomic E-state index is 0.0475. The molecule has 1 atom stereocenters. The topological polar surface area (TPSA) is 25.2 Å². The predicted molar refractivity (Wildman–Crippen MR) is 88.7 cm³/mol. The third kappa shape index (κ3) is 3.44. The van der Waals surface area contributed by atoms with Gasteiger partial charge in [-0.25, -0.2) is 0 Å². The highest BCUT2D eigenvalue weighted by Crippen LogP contribution is 2.21. The van der Waals surface area contributed by atoms with Gasteiger partial charge < -0.3 is 9.47 Å². The molecule has 1 unspecified atom stereocenters. The van der Waals surface area contributed by atoms with E-state index in [4.69, 9.17) is 0 Å². The maximum atomic E-state index is 12.3. The lowest BCUT2D eigenvalue weighted by Gasteiger charge is -2.26. The van der Waals surface area contributed by atoms with E-state index < -0.39 is 0 Å². The molecule has 0 N–H and O–H groups in total. The summed E-state index contributed by atoms with van der Waals surface area (Å²) in [6, 6.07) is 13.8. The Labute approximate surface area is 133 Å². The van der Waals surface area contributed by atoms with E-state index in [1.54, 1.807) is 12.1 Å². The van der Waals surface area contributed by atoms with Crippen LogP contribution in [0.15, 0.2) is 57.9 Å². The highest BCUT2D eigenvalue weighted by molar-refractivity contribution is 9.10. The van der Waals surface area contributed by atoms with Crippen molar-refractivity contribution in [2.45, 2.75) is 18.9 Å². The van der Waals surface area contributed by atoms with Crippen molar-refractivity contribution >= 4 is 15.9 Å². The lowest BCUT2D eigenvalue weighted by atomic mass is 10.1. The molecule has 0 amide bonds. The highest BCUT2D eigenvalue weighted by Gasteiger charge is 2.21. The number of hydrogen-bond donors (Lipinski definition) is 0. The van der Waals surface area contributed by atoms with Gasteiger partial charge >= 0.3 is 0 Å². The largest absolute Gasteiger partial charge is 0.306 e. The van der Waals surface area contributed by atoms with E-state index in [2.05, 4.69) is 33.0 Å². The highest BCUT2D eigenvalue weighted by atomic mass is 79.9. The Hall–Kier alpha value is -1.39. The van der Waals surface area contributed by atoms with E-state index in [9.17, 15) is 4.79 Å². The zero-order valence-corrected chi connectivity index (χ0v) is 13.5. The summed E-state index contributed by atoms with van der Waals surface area (Å²) < 4.78 is 2.78. The molecule has 4 heteroatoms. The smallest absolute Gasteiger partial charge is 0.251 e. The molecular weight excluding hydrogens is 328 g/mol. The van der Waals surface area contributed by atoms with Crippen molar-refractivity contribution in [1.29, 1.82) is 0 Å². The Balaban J connectivity index is 1.98. The number of pyridine rings is 1. The molecular formula is C17H19BrN2O. The van der Waals surface area contributed by atoms with Crippen LogP contribution in [0.1, 0.15) is 24.4 Å². The summed E-state index contributed by atoms with van der Waals surface area (Å²) >= 11 is 3.48. The summed E-state index contributed by atoms with van der Waals surface area (Å²) in [5, 5.41) is 0. The molecule has 1 fully saturated rings. The number of nitrogens with zero attached hydrogens (tertiary/aromatic N) is 2. The van der Waals surface area contributed by atoms with Gasteiger partial charge in [0.25, 0.3) is 5.56 Å². The van der Waals surface area contributed by atoms with Crippen LogP contribution in [0.4, 0.5) is 0 Å². The Morgan fingerprint density at radius 1 is 1.05 bits per heavy atom. The molecule has 3 nitrogen and oxygen atoms in total. The second-order valence-electron chi connectivity index (χ2n) is 5.53. The maximum Gasteiger partial charge on any atom is 0.251 e. The number of benzene rings is 1. The van der Waals surface area contributed by atoms with Gasteiger partial charge in [0.1, 0.15) is 0 Å². The second-order valence-corrected chi connectivity index (χ2v) is 6.44. The summed E-state index contributed by atoms with van der Waals surface area (Å²) in [5.41, 5.74) is 1.23. The first-order valence-electron chi connectivity index (χ1n) is 7.39. The molecule has 0 bridgehead atoms. The van der Waals surface area contributed by atoms with Crippen LogP contribution < -0.4 is 5.56 Å². The first kappa shape index (κ1) is 14.5. The monoisotopic (exact) mass is 346 g/mol. The number of halogens is 1. The fourth-order valence-electron chi connectivity index (χ4n) is 2.96. The molecule has 0 radical (unpaired) electrons. The molecule has 3 rings (SSSR count). The van der Waals surface area contributed by atoms with Crippen molar-refractivity contribution in [1.82, 2.24) is 9.47 Å². The molecule has 2 heterocycles. The molecule has 1 aromatic carbocycles. The molecule has 1 aromatic heterocycles. The van der Waals surface area contributed by atoms with Crippen molar-refractivity contribution in [3.05, 3.63) is 69.1 Å². The standard InChI is InChI=1S/C17H19BrN2O/c18-15-8-9-17(21)20(12-15)16(13-19-10-4-5-11-19)14-6-2-1-3-7-14/h1-3,6-9,12,16H,4-5,10-11,13H2. The molecule has 1 aliphatic rings. The van der Waals surface area contributed by atoms with E-state index in [1.807, 2.05) is 29.0 Å². The minimum absolute atomic E-state index is 0.0475. The predicted octanol–water partition coefficient (Wildman–Crippen LogP) is 3.30. The number of likely N-dealkylation sites (tertiary alicyclic amines) is 1. The van der Waals surface area contributed by atoms with Crippen molar-refractivity contribution in [3.63, 3.8) is 0 Å². The molecule has 0 spiro atoms. The van der Waals surface area contributed by atoms with E-state index >= 15 is 0 Å². The fourth-order valence-corrected chi connectivity index (χ4v) is 3.31. The quantitative estimate of drug-likeness (QED) is 0.848.